The van der Waals surface area contributed by atoms with Crippen LogP contribution in [-0.2, 0) is 0 Å². The highest BCUT2D eigenvalue weighted by molar-refractivity contribution is 9.10. The van der Waals surface area contributed by atoms with E-state index in [0.29, 0.717) is 0 Å². The minimum Gasteiger partial charge on any atom is -0.457 e. The molecule has 0 radical (unpaired) electrons. The van der Waals surface area contributed by atoms with Crippen LogP contribution in [0.1, 0.15) is 17.3 Å². The van der Waals surface area contributed by atoms with Crippen LogP contribution in [0.15, 0.2) is 40.9 Å². The predicted octanol–water partition coefficient (Wildman–Crippen LogP) is 4.49. The number of rotatable bonds is 4. The first kappa shape index (κ1) is 15.1. The molecule has 2 aromatic carbocycles. The van der Waals surface area contributed by atoms with Crippen LogP contribution < -0.4 is 4.74 Å². The van der Waals surface area contributed by atoms with E-state index in [4.69, 9.17) is 4.74 Å². The number of ether oxygens (including phenoxy) is 1. The summed E-state index contributed by atoms with van der Waals surface area (Å²) in [6.07, 6.45) is 0. The minimum absolute atomic E-state index is 0.00524. The summed E-state index contributed by atoms with van der Waals surface area (Å²) in [5.74, 6) is -0.584. The van der Waals surface area contributed by atoms with E-state index in [2.05, 4.69) is 15.9 Å². The van der Waals surface area contributed by atoms with Gasteiger partial charge in [-0.15, -0.1) is 0 Å². The topological polar surface area (TPSA) is 69.4 Å². The van der Waals surface area contributed by atoms with Gasteiger partial charge in [0.2, 0.25) is 0 Å². The Morgan fingerprint density at radius 3 is 2.43 bits per heavy atom. The van der Waals surface area contributed by atoms with Crippen LogP contribution in [0.3, 0.4) is 0 Å². The average Bonchev–Trinajstić information content (AvgIpc) is 2.42. The van der Waals surface area contributed by atoms with Crippen molar-refractivity contribution >= 4 is 27.4 Å². The summed E-state index contributed by atoms with van der Waals surface area (Å²) in [5, 5.41) is 11.0. The third-order valence-corrected chi connectivity index (χ3v) is 3.32. The standard InChI is InChI=1S/C14H9BrFNO4/c1-8(18)11-4-2-10(7-14(11)17(19)20)21-9-3-5-12(15)13(16)6-9/h2-7H,1H3. The van der Waals surface area contributed by atoms with Gasteiger partial charge in [-0.1, -0.05) is 0 Å². The molecule has 0 aliphatic rings. The van der Waals surface area contributed by atoms with Gasteiger partial charge in [0.15, 0.2) is 5.78 Å². The Bertz CT molecular complexity index is 733. The fourth-order valence-corrected chi connectivity index (χ4v) is 1.95. The van der Waals surface area contributed by atoms with Crippen LogP contribution in [-0.4, -0.2) is 10.7 Å². The zero-order chi connectivity index (χ0) is 15.6. The maximum atomic E-state index is 13.4. The van der Waals surface area contributed by atoms with E-state index in [1.165, 1.54) is 31.2 Å². The first-order chi connectivity index (χ1) is 9.88. The second-order valence-corrected chi connectivity index (χ2v) is 5.02. The molecular weight excluding hydrogens is 345 g/mol. The number of carbonyl (C=O) groups excluding carboxylic acids is 1. The van der Waals surface area contributed by atoms with Gasteiger partial charge in [-0.25, -0.2) is 4.39 Å². The van der Waals surface area contributed by atoms with Crippen LogP contribution in [0.2, 0.25) is 0 Å². The SMILES string of the molecule is CC(=O)c1ccc(Oc2ccc(Br)c(F)c2)cc1[N+](=O)[O-]. The Balaban J connectivity index is 2.36. The molecule has 2 aromatic rings. The molecule has 0 N–H and O–H groups in total. The first-order valence-electron chi connectivity index (χ1n) is 5.81. The van der Waals surface area contributed by atoms with Gasteiger partial charge in [-0.05, 0) is 47.1 Å². The zero-order valence-corrected chi connectivity index (χ0v) is 12.4. The summed E-state index contributed by atoms with van der Waals surface area (Å²) >= 11 is 3.01. The lowest BCUT2D eigenvalue weighted by Crippen LogP contribution is -2.00. The van der Waals surface area contributed by atoms with Gasteiger partial charge >= 0.3 is 0 Å². The third-order valence-electron chi connectivity index (χ3n) is 2.67. The molecule has 0 amide bonds. The molecular formula is C14H9BrFNO4. The van der Waals surface area contributed by atoms with E-state index in [0.717, 1.165) is 12.1 Å². The molecule has 5 nitrogen and oxygen atoms in total. The molecule has 0 fully saturated rings. The number of Topliss-reactive ketones (excluding diaryl/α,β-unsaturated/α-hetero) is 1. The average molecular weight is 354 g/mol. The number of ketones is 1. The summed E-state index contributed by atoms with van der Waals surface area (Å²) < 4.78 is 19.0. The number of hydrogen-bond acceptors (Lipinski definition) is 4. The first-order valence-corrected chi connectivity index (χ1v) is 6.60. The van der Waals surface area contributed by atoms with Crippen molar-refractivity contribution in [2.24, 2.45) is 0 Å². The van der Waals surface area contributed by atoms with Gasteiger partial charge in [0.1, 0.15) is 17.3 Å². The fraction of sp³-hybridized carbons (Fsp3) is 0.0714. The lowest BCUT2D eigenvalue weighted by atomic mass is 10.1. The van der Waals surface area contributed by atoms with Crippen LogP contribution in [0, 0.1) is 15.9 Å². The fourth-order valence-electron chi connectivity index (χ4n) is 1.70. The second kappa shape index (κ2) is 6.01. The summed E-state index contributed by atoms with van der Waals surface area (Å²) in [7, 11) is 0. The molecule has 21 heavy (non-hydrogen) atoms. The van der Waals surface area contributed by atoms with E-state index >= 15 is 0 Å². The van der Waals surface area contributed by atoms with E-state index < -0.39 is 16.5 Å². The Hall–Kier alpha value is -2.28. The van der Waals surface area contributed by atoms with Crippen molar-refractivity contribution in [2.45, 2.75) is 6.92 Å². The van der Waals surface area contributed by atoms with Gasteiger partial charge in [0, 0.05) is 6.07 Å². The molecule has 0 heterocycles. The molecule has 0 atom stereocenters. The van der Waals surface area contributed by atoms with E-state index in [9.17, 15) is 19.3 Å². The van der Waals surface area contributed by atoms with Gasteiger partial charge in [-0.3, -0.25) is 14.9 Å². The van der Waals surface area contributed by atoms with Crippen LogP contribution in [0.25, 0.3) is 0 Å². The molecule has 0 saturated heterocycles. The molecule has 0 aliphatic carbocycles. The van der Waals surface area contributed by atoms with Crippen LogP contribution >= 0.6 is 15.9 Å². The van der Waals surface area contributed by atoms with Crippen LogP contribution in [0.4, 0.5) is 10.1 Å². The van der Waals surface area contributed by atoms with E-state index in [-0.39, 0.29) is 27.2 Å². The largest absolute Gasteiger partial charge is 0.457 e. The molecule has 0 aliphatic heterocycles. The number of nitrogens with zero attached hydrogens (tertiary/aromatic N) is 1. The molecule has 0 spiro atoms. The second-order valence-electron chi connectivity index (χ2n) is 4.17. The van der Waals surface area contributed by atoms with Gasteiger partial charge in [0.05, 0.1) is 21.0 Å². The van der Waals surface area contributed by atoms with Crippen LogP contribution in [0.5, 0.6) is 11.5 Å². The molecule has 0 bridgehead atoms. The predicted molar refractivity (Wildman–Crippen MR) is 77.3 cm³/mol. The maximum Gasteiger partial charge on any atom is 0.283 e. The zero-order valence-electron chi connectivity index (χ0n) is 10.8. The van der Waals surface area contributed by atoms with Crippen molar-refractivity contribution in [3.63, 3.8) is 0 Å². The number of hydrogen-bond donors (Lipinski definition) is 0. The van der Waals surface area contributed by atoms with Gasteiger partial charge < -0.3 is 4.74 Å². The number of carbonyl (C=O) groups is 1. The highest BCUT2D eigenvalue weighted by Crippen LogP contribution is 2.30. The molecule has 0 unspecified atom stereocenters. The highest BCUT2D eigenvalue weighted by atomic mass is 79.9. The number of nitro groups is 1. The number of halogens is 2. The smallest absolute Gasteiger partial charge is 0.283 e. The van der Waals surface area contributed by atoms with E-state index in [1.54, 1.807) is 0 Å². The number of nitro benzene ring substituents is 1. The van der Waals surface area contributed by atoms with Crippen molar-refractivity contribution in [3.8, 4) is 11.5 Å². The lowest BCUT2D eigenvalue weighted by Gasteiger charge is -2.07. The summed E-state index contributed by atoms with van der Waals surface area (Å²) in [6, 6.07) is 7.99. The summed E-state index contributed by atoms with van der Waals surface area (Å²) in [5.41, 5.74) is -0.355. The van der Waals surface area contributed by atoms with Crippen molar-refractivity contribution in [1.29, 1.82) is 0 Å². The van der Waals surface area contributed by atoms with Crippen molar-refractivity contribution in [1.82, 2.24) is 0 Å². The molecule has 7 heteroatoms. The monoisotopic (exact) mass is 353 g/mol. The normalized spacial score (nSPS) is 10.2. The summed E-state index contributed by atoms with van der Waals surface area (Å²) in [6.45, 7) is 1.24. The van der Waals surface area contributed by atoms with Gasteiger partial charge in [0.25, 0.3) is 5.69 Å². The molecule has 0 saturated carbocycles. The lowest BCUT2D eigenvalue weighted by molar-refractivity contribution is -0.385. The summed E-state index contributed by atoms with van der Waals surface area (Å²) in [4.78, 5) is 21.6. The van der Waals surface area contributed by atoms with Crippen molar-refractivity contribution in [2.75, 3.05) is 0 Å². The number of benzene rings is 2. The van der Waals surface area contributed by atoms with E-state index in [1.807, 2.05) is 0 Å². The molecule has 2 rings (SSSR count). The molecule has 108 valence electrons. The molecule has 0 aromatic heterocycles. The Kier molecular flexibility index (Phi) is 4.32. The highest BCUT2D eigenvalue weighted by Gasteiger charge is 2.18. The Morgan fingerprint density at radius 1 is 1.24 bits per heavy atom. The Morgan fingerprint density at radius 2 is 1.86 bits per heavy atom. The minimum atomic E-state index is -0.661. The Labute approximate surface area is 127 Å². The van der Waals surface area contributed by atoms with Gasteiger partial charge in [-0.2, -0.15) is 0 Å². The van der Waals surface area contributed by atoms with Crippen molar-refractivity contribution < 1.29 is 18.8 Å². The maximum absolute atomic E-state index is 13.4. The van der Waals surface area contributed by atoms with Crippen molar-refractivity contribution in [3.05, 3.63) is 62.4 Å². The quantitative estimate of drug-likeness (QED) is 0.461. The third kappa shape index (κ3) is 3.43.